The zero-order valence-corrected chi connectivity index (χ0v) is 13.0. The predicted octanol–water partition coefficient (Wildman–Crippen LogP) is 2.31. The van der Waals surface area contributed by atoms with Crippen molar-refractivity contribution >= 4 is 6.41 Å². The first-order chi connectivity index (χ1) is 7.61. The molecule has 2 rings (SSSR count). The minimum atomic E-state index is -0.0526. The Labute approximate surface area is 127 Å². The van der Waals surface area contributed by atoms with Crippen LogP contribution in [0.1, 0.15) is 35.4 Å². The van der Waals surface area contributed by atoms with Crippen molar-refractivity contribution in [3.63, 3.8) is 0 Å². The summed E-state index contributed by atoms with van der Waals surface area (Å²) >= 11 is 0. The van der Waals surface area contributed by atoms with Gasteiger partial charge in [0.25, 0.3) is 0 Å². The topological polar surface area (TPSA) is 40.5 Å². The maximum Gasteiger partial charge on any atom is 0.0229 e. The van der Waals surface area contributed by atoms with Gasteiger partial charge >= 0.3 is 0 Å². The van der Waals surface area contributed by atoms with Crippen LogP contribution in [0.5, 0.6) is 0 Å². The normalized spacial score (nSPS) is 22.3. The molecule has 0 atom stereocenters. The van der Waals surface area contributed by atoms with Crippen molar-refractivity contribution in [2.75, 3.05) is 0 Å². The number of hydrogen-bond donors (Lipinski definition) is 1. The fourth-order valence-corrected chi connectivity index (χ4v) is 2.40. The summed E-state index contributed by atoms with van der Waals surface area (Å²) in [5, 5.41) is 9.83. The number of rotatable bonds is 3. The number of aryl methyl sites for hydroxylation is 2. The monoisotopic (exact) mass is 307 g/mol. The molecule has 17 heavy (non-hydrogen) atoms. The van der Waals surface area contributed by atoms with Crippen LogP contribution in [0.15, 0.2) is 18.2 Å². The van der Waals surface area contributed by atoms with E-state index in [-0.39, 0.29) is 38.8 Å². The largest absolute Gasteiger partial charge is 0.517 e. The van der Waals surface area contributed by atoms with Crippen LogP contribution in [0, 0.1) is 13.8 Å². The van der Waals surface area contributed by atoms with E-state index in [1.165, 1.54) is 23.1 Å². The summed E-state index contributed by atoms with van der Waals surface area (Å²) in [5.41, 5.74) is 3.89. The first-order valence-electron chi connectivity index (χ1n) is 5.55. The molecule has 1 aromatic carbocycles. The predicted molar refractivity (Wildman–Crippen MR) is 61.0 cm³/mol. The minimum Gasteiger partial charge on any atom is -0.517 e. The standard InChI is InChI=1S/C13H16NO2.Y/c1-9-3-4-13(10(2)5-9)11-6-12(7-11)14(16)8-15;/h3-5,11-12,16H,6-7H2,1-2H3;/q-1;. The maximum absolute atomic E-state index is 10.2. The molecule has 1 radical (unpaired) electrons. The van der Waals surface area contributed by atoms with Crippen molar-refractivity contribution in [3.8, 4) is 0 Å². The number of hydrogen-bond acceptors (Lipinski definition) is 2. The average Bonchev–Trinajstić information content (AvgIpc) is 2.18. The minimum absolute atomic E-state index is 0. The van der Waals surface area contributed by atoms with Crippen LogP contribution < -0.4 is 0 Å². The van der Waals surface area contributed by atoms with E-state index < -0.39 is 0 Å². The Morgan fingerprint density at radius 2 is 2.00 bits per heavy atom. The van der Waals surface area contributed by atoms with Crippen LogP contribution in [-0.2, 0) is 37.5 Å². The van der Waals surface area contributed by atoms with Gasteiger partial charge in [0.15, 0.2) is 0 Å². The second-order valence-electron chi connectivity index (χ2n) is 4.62. The van der Waals surface area contributed by atoms with E-state index in [4.69, 9.17) is 5.21 Å². The van der Waals surface area contributed by atoms with E-state index >= 15 is 0 Å². The molecule has 0 saturated heterocycles. The number of benzene rings is 1. The molecule has 89 valence electrons. The molecule has 0 spiro atoms. The second kappa shape index (κ2) is 6.08. The second-order valence-corrected chi connectivity index (χ2v) is 4.62. The van der Waals surface area contributed by atoms with Crippen LogP contribution >= 0.6 is 0 Å². The molecule has 1 fully saturated rings. The molecule has 0 aromatic heterocycles. The molecule has 4 heteroatoms. The van der Waals surface area contributed by atoms with Gasteiger partial charge in [-0.3, -0.25) is 0 Å². The molecule has 0 unspecified atom stereocenters. The van der Waals surface area contributed by atoms with E-state index in [0.717, 1.165) is 12.8 Å². The van der Waals surface area contributed by atoms with Crippen LogP contribution in [0.25, 0.3) is 0 Å². The Balaban J connectivity index is 0.00000144. The molecule has 1 amide bonds. The average molecular weight is 307 g/mol. The van der Waals surface area contributed by atoms with Crippen LogP contribution in [0.2, 0.25) is 0 Å². The van der Waals surface area contributed by atoms with Crippen molar-refractivity contribution in [2.24, 2.45) is 0 Å². The van der Waals surface area contributed by atoms with Crippen molar-refractivity contribution < 1.29 is 42.7 Å². The smallest absolute Gasteiger partial charge is 0.0229 e. The Morgan fingerprint density at radius 1 is 1.35 bits per heavy atom. The van der Waals surface area contributed by atoms with E-state index in [0.29, 0.717) is 11.0 Å². The molecule has 1 aliphatic rings. The van der Waals surface area contributed by atoms with Gasteiger partial charge in [0.2, 0.25) is 0 Å². The first-order valence-corrected chi connectivity index (χ1v) is 5.55. The van der Waals surface area contributed by atoms with Crippen molar-refractivity contribution in [3.05, 3.63) is 34.9 Å². The summed E-state index contributed by atoms with van der Waals surface area (Å²) < 4.78 is 0. The van der Waals surface area contributed by atoms with Gasteiger partial charge in [0, 0.05) is 38.8 Å². The van der Waals surface area contributed by atoms with Gasteiger partial charge < -0.3 is 15.1 Å². The zero-order valence-electron chi connectivity index (χ0n) is 10.2. The molecular weight excluding hydrogens is 291 g/mol. The summed E-state index contributed by atoms with van der Waals surface area (Å²) in [4.78, 5) is 10.2. The van der Waals surface area contributed by atoms with E-state index in [1.807, 2.05) is 0 Å². The van der Waals surface area contributed by atoms with Crippen LogP contribution in [0.4, 0.5) is 0 Å². The number of hydroxylamine groups is 2. The molecule has 1 saturated carbocycles. The van der Waals surface area contributed by atoms with Gasteiger partial charge in [-0.05, 0) is 43.7 Å². The molecule has 0 aliphatic heterocycles. The van der Waals surface area contributed by atoms with Gasteiger partial charge in [0.1, 0.15) is 0 Å². The van der Waals surface area contributed by atoms with Gasteiger partial charge in [-0.1, -0.05) is 23.8 Å². The third-order valence-electron chi connectivity index (χ3n) is 3.42. The Morgan fingerprint density at radius 3 is 2.53 bits per heavy atom. The summed E-state index contributed by atoms with van der Waals surface area (Å²) in [7, 11) is 0. The van der Waals surface area contributed by atoms with Gasteiger partial charge in [0.05, 0.1) is 0 Å². The fraction of sp³-hybridized carbons (Fsp3) is 0.462. The van der Waals surface area contributed by atoms with Crippen molar-refractivity contribution in [1.29, 1.82) is 0 Å². The molecule has 0 bridgehead atoms. The van der Waals surface area contributed by atoms with Crippen LogP contribution in [-0.4, -0.2) is 22.7 Å². The summed E-state index contributed by atoms with van der Waals surface area (Å²) in [5.74, 6) is 0.466. The quantitative estimate of drug-likeness (QED) is 0.403. The molecule has 1 aliphatic carbocycles. The van der Waals surface area contributed by atoms with E-state index in [9.17, 15) is 4.79 Å². The third kappa shape index (κ3) is 3.15. The van der Waals surface area contributed by atoms with Gasteiger partial charge in [-0.25, -0.2) is 0 Å². The van der Waals surface area contributed by atoms with Gasteiger partial charge in [-0.15, -0.1) is 6.41 Å². The molecule has 1 N–H and O–H groups in total. The number of amides is 1. The molecule has 0 heterocycles. The van der Waals surface area contributed by atoms with Gasteiger partial charge in [-0.2, -0.15) is 0 Å². The van der Waals surface area contributed by atoms with Crippen LogP contribution in [0.3, 0.4) is 0 Å². The summed E-state index contributed by atoms with van der Waals surface area (Å²) in [6.07, 6.45) is 3.16. The molecule has 3 nitrogen and oxygen atoms in total. The zero-order chi connectivity index (χ0) is 11.7. The number of carbonyl (C=O) groups excluding carboxylic acids is 1. The van der Waals surface area contributed by atoms with Crippen molar-refractivity contribution in [2.45, 2.75) is 38.6 Å². The first kappa shape index (κ1) is 14.8. The fourth-order valence-electron chi connectivity index (χ4n) is 2.40. The van der Waals surface area contributed by atoms with E-state index in [1.54, 1.807) is 0 Å². The summed E-state index contributed by atoms with van der Waals surface area (Å²) in [6.45, 7) is 4.19. The Hall–Kier alpha value is -0.246. The van der Waals surface area contributed by atoms with E-state index in [2.05, 4.69) is 32.0 Å². The SMILES string of the molecule is Cc1ccc(C2CC(N(O)[C-]=O)C2)c(C)c1.[Y]. The molecule has 1 aromatic rings. The van der Waals surface area contributed by atoms with Crippen molar-refractivity contribution in [1.82, 2.24) is 5.06 Å². The summed E-state index contributed by atoms with van der Waals surface area (Å²) in [6, 6.07) is 6.38. The Bertz CT molecular complexity index is 402. The number of nitrogens with zero attached hydrogens (tertiary/aromatic N) is 1. The Kier molecular flexibility index (Phi) is 5.30. The molecular formula is C13H16NO2Y-. The third-order valence-corrected chi connectivity index (χ3v) is 3.42. The maximum atomic E-state index is 10.2.